The van der Waals surface area contributed by atoms with E-state index < -0.39 is 0 Å². The molecule has 0 unspecified atom stereocenters. The Morgan fingerprint density at radius 3 is 2.95 bits per heavy atom. The lowest BCUT2D eigenvalue weighted by Gasteiger charge is -2.24. The normalized spacial score (nSPS) is 14.5. The van der Waals surface area contributed by atoms with Crippen LogP contribution in [0, 0.1) is 0 Å². The van der Waals surface area contributed by atoms with Crippen molar-refractivity contribution in [1.82, 2.24) is 0 Å². The quantitative estimate of drug-likeness (QED) is 0.795. The highest BCUT2D eigenvalue weighted by molar-refractivity contribution is 9.10. The van der Waals surface area contributed by atoms with E-state index in [1.807, 2.05) is 18.2 Å². The summed E-state index contributed by atoms with van der Waals surface area (Å²) in [5.41, 5.74) is 2.99. The summed E-state index contributed by atoms with van der Waals surface area (Å²) in [5, 5.41) is 0. The molecule has 0 radical (unpaired) electrons. The number of ether oxygens (including phenoxy) is 1. The maximum absolute atomic E-state index is 11.8. The van der Waals surface area contributed by atoms with E-state index in [2.05, 4.69) is 33.8 Å². The first-order valence-corrected chi connectivity index (χ1v) is 7.28. The Bertz CT molecular complexity index is 511. The Morgan fingerprint density at radius 1 is 1.47 bits per heavy atom. The fourth-order valence-corrected chi connectivity index (χ4v) is 2.74. The van der Waals surface area contributed by atoms with Crippen LogP contribution in [-0.4, -0.2) is 26.2 Å². The van der Waals surface area contributed by atoms with Gasteiger partial charge in [0, 0.05) is 28.8 Å². The summed E-state index contributed by atoms with van der Waals surface area (Å²) in [6.07, 6.45) is 3.75. The second-order valence-corrected chi connectivity index (χ2v) is 5.52. The molecule has 0 bridgehead atoms. The summed E-state index contributed by atoms with van der Waals surface area (Å²) < 4.78 is 5.87. The van der Waals surface area contributed by atoms with Crippen LogP contribution < -0.4 is 4.90 Å². The topological polar surface area (TPSA) is 29.5 Å². The van der Waals surface area contributed by atoms with Gasteiger partial charge in [0.1, 0.15) is 0 Å². The lowest BCUT2D eigenvalue weighted by Crippen LogP contribution is -2.25. The van der Waals surface area contributed by atoms with E-state index in [0.717, 1.165) is 41.5 Å². The number of anilines is 1. The molecule has 3 nitrogen and oxygen atoms in total. The molecular weight excluding hydrogens is 306 g/mol. The number of hydrogen-bond donors (Lipinski definition) is 0. The fourth-order valence-electron chi connectivity index (χ4n) is 2.36. The number of halogens is 1. The maximum atomic E-state index is 11.8. The summed E-state index contributed by atoms with van der Waals surface area (Å²) in [7, 11) is 1.43. The molecule has 1 aliphatic heterocycles. The first kappa shape index (κ1) is 14.1. The molecule has 1 aliphatic rings. The Kier molecular flexibility index (Phi) is 4.64. The van der Waals surface area contributed by atoms with Crippen LogP contribution in [0.5, 0.6) is 0 Å². The molecule has 0 aliphatic carbocycles. The zero-order valence-corrected chi connectivity index (χ0v) is 12.9. The van der Waals surface area contributed by atoms with E-state index in [9.17, 15) is 4.79 Å². The Hall–Kier alpha value is -1.29. The third-order valence-electron chi connectivity index (χ3n) is 3.25. The van der Waals surface area contributed by atoms with Crippen molar-refractivity contribution in [2.24, 2.45) is 0 Å². The molecule has 0 amide bonds. The minimum Gasteiger partial charge on any atom is -0.466 e. The highest BCUT2D eigenvalue weighted by Crippen LogP contribution is 2.30. The fraction of sp³-hybridized carbons (Fsp3) is 0.400. The van der Waals surface area contributed by atoms with Gasteiger partial charge >= 0.3 is 5.97 Å². The standard InChI is InChI=1S/C15H18BrNO2/c1-3-7-17-8-6-11(15(18)19-2)9-12-10-13(16)4-5-14(12)17/h4-5,9-10H,3,6-8H2,1-2H3. The van der Waals surface area contributed by atoms with Gasteiger partial charge in [0.05, 0.1) is 7.11 Å². The monoisotopic (exact) mass is 323 g/mol. The van der Waals surface area contributed by atoms with Crippen LogP contribution in [0.25, 0.3) is 6.08 Å². The van der Waals surface area contributed by atoms with Crippen LogP contribution >= 0.6 is 15.9 Å². The second-order valence-electron chi connectivity index (χ2n) is 4.60. The molecule has 4 heteroatoms. The SMILES string of the molecule is CCCN1CCC(C(=O)OC)=Cc2cc(Br)ccc21. The zero-order valence-electron chi connectivity index (χ0n) is 11.3. The Morgan fingerprint density at radius 2 is 2.26 bits per heavy atom. The molecule has 1 aromatic rings. The first-order chi connectivity index (χ1) is 9.15. The van der Waals surface area contributed by atoms with E-state index >= 15 is 0 Å². The van der Waals surface area contributed by atoms with Gasteiger partial charge in [-0.2, -0.15) is 0 Å². The lowest BCUT2D eigenvalue weighted by atomic mass is 10.1. The van der Waals surface area contributed by atoms with Crippen molar-refractivity contribution in [1.29, 1.82) is 0 Å². The summed E-state index contributed by atoms with van der Waals surface area (Å²) in [6, 6.07) is 6.19. The van der Waals surface area contributed by atoms with Crippen LogP contribution in [-0.2, 0) is 9.53 Å². The molecule has 0 spiro atoms. The van der Waals surface area contributed by atoms with Crippen LogP contribution in [0.2, 0.25) is 0 Å². The molecule has 0 saturated carbocycles. The Balaban J connectivity index is 2.43. The predicted octanol–water partition coefficient (Wildman–Crippen LogP) is 3.63. The molecule has 0 saturated heterocycles. The van der Waals surface area contributed by atoms with E-state index in [4.69, 9.17) is 4.74 Å². The summed E-state index contributed by atoms with van der Waals surface area (Å²) in [4.78, 5) is 14.1. The van der Waals surface area contributed by atoms with Crippen LogP contribution in [0.3, 0.4) is 0 Å². The van der Waals surface area contributed by atoms with Crippen molar-refractivity contribution in [2.75, 3.05) is 25.1 Å². The smallest absolute Gasteiger partial charge is 0.333 e. The van der Waals surface area contributed by atoms with Gasteiger partial charge in [0.15, 0.2) is 0 Å². The molecule has 0 aromatic heterocycles. The van der Waals surface area contributed by atoms with Crippen molar-refractivity contribution in [3.8, 4) is 0 Å². The first-order valence-electron chi connectivity index (χ1n) is 6.49. The van der Waals surface area contributed by atoms with Gasteiger partial charge in [-0.05, 0) is 42.7 Å². The number of carbonyl (C=O) groups excluding carboxylic acids is 1. The predicted molar refractivity (Wildman–Crippen MR) is 81.3 cm³/mol. The molecule has 0 N–H and O–H groups in total. The van der Waals surface area contributed by atoms with Gasteiger partial charge in [-0.1, -0.05) is 22.9 Å². The molecule has 1 heterocycles. The van der Waals surface area contributed by atoms with Gasteiger partial charge in [-0.3, -0.25) is 0 Å². The molecule has 0 atom stereocenters. The molecule has 2 rings (SSSR count). The minimum atomic E-state index is -0.232. The number of fused-ring (bicyclic) bond motifs is 1. The Labute approximate surface area is 122 Å². The molecule has 0 fully saturated rings. The van der Waals surface area contributed by atoms with Gasteiger partial charge in [-0.15, -0.1) is 0 Å². The van der Waals surface area contributed by atoms with Gasteiger partial charge in [0.25, 0.3) is 0 Å². The third kappa shape index (κ3) is 3.18. The summed E-state index contributed by atoms with van der Waals surface area (Å²) in [5.74, 6) is -0.232. The lowest BCUT2D eigenvalue weighted by molar-refractivity contribution is -0.136. The van der Waals surface area contributed by atoms with Gasteiger partial charge < -0.3 is 9.64 Å². The number of carbonyl (C=O) groups is 1. The van der Waals surface area contributed by atoms with Crippen molar-refractivity contribution in [3.63, 3.8) is 0 Å². The summed E-state index contributed by atoms with van der Waals surface area (Å²) in [6.45, 7) is 4.01. The van der Waals surface area contributed by atoms with Crippen LogP contribution in [0.4, 0.5) is 5.69 Å². The number of rotatable bonds is 3. The average Bonchev–Trinajstić information content (AvgIpc) is 2.58. The van der Waals surface area contributed by atoms with E-state index in [1.54, 1.807) is 0 Å². The maximum Gasteiger partial charge on any atom is 0.333 e. The van der Waals surface area contributed by atoms with E-state index in [0.29, 0.717) is 0 Å². The van der Waals surface area contributed by atoms with Gasteiger partial charge in [0.2, 0.25) is 0 Å². The number of methoxy groups -OCH3 is 1. The highest BCUT2D eigenvalue weighted by Gasteiger charge is 2.19. The minimum absolute atomic E-state index is 0.232. The second kappa shape index (κ2) is 6.24. The van der Waals surface area contributed by atoms with Crippen molar-refractivity contribution >= 4 is 33.7 Å². The number of hydrogen-bond acceptors (Lipinski definition) is 3. The number of benzene rings is 1. The van der Waals surface area contributed by atoms with E-state index in [-0.39, 0.29) is 5.97 Å². The van der Waals surface area contributed by atoms with Crippen molar-refractivity contribution in [3.05, 3.63) is 33.8 Å². The molecule has 19 heavy (non-hydrogen) atoms. The van der Waals surface area contributed by atoms with Gasteiger partial charge in [-0.25, -0.2) is 4.79 Å². The largest absolute Gasteiger partial charge is 0.466 e. The molecule has 102 valence electrons. The molecular formula is C15H18BrNO2. The number of esters is 1. The van der Waals surface area contributed by atoms with Crippen LogP contribution in [0.15, 0.2) is 28.2 Å². The average molecular weight is 324 g/mol. The van der Waals surface area contributed by atoms with E-state index in [1.165, 1.54) is 12.8 Å². The van der Waals surface area contributed by atoms with Crippen LogP contribution in [0.1, 0.15) is 25.3 Å². The number of nitrogens with zero attached hydrogens (tertiary/aromatic N) is 1. The third-order valence-corrected chi connectivity index (χ3v) is 3.75. The highest BCUT2D eigenvalue weighted by atomic mass is 79.9. The zero-order chi connectivity index (χ0) is 13.8. The molecule has 1 aromatic carbocycles. The van der Waals surface area contributed by atoms with Crippen molar-refractivity contribution in [2.45, 2.75) is 19.8 Å². The summed E-state index contributed by atoms with van der Waals surface area (Å²) >= 11 is 3.48. The van der Waals surface area contributed by atoms with Crippen molar-refractivity contribution < 1.29 is 9.53 Å².